The van der Waals surface area contributed by atoms with Crippen LogP contribution in [0.1, 0.15) is 5.56 Å². The standard InChI is InChI=1S/C24H15ClN2OS3/c25-17-13-11-16(12-14-17)20-15-30-23(26(20)18-7-3-1-4-8-18)21-22(28)27(24(29)31-21)19-9-5-2-6-10-19/h1-15H/b23-21+. The number of halogens is 1. The summed E-state index contributed by atoms with van der Waals surface area (Å²) in [7, 11) is 0. The summed E-state index contributed by atoms with van der Waals surface area (Å²) in [5.74, 6) is -0.101. The van der Waals surface area contributed by atoms with Crippen LogP contribution in [-0.4, -0.2) is 10.2 Å². The molecule has 2 heterocycles. The minimum atomic E-state index is -0.101. The lowest BCUT2D eigenvalue weighted by molar-refractivity contribution is -0.113. The number of para-hydroxylation sites is 2. The van der Waals surface area contributed by atoms with Crippen LogP contribution in [-0.2, 0) is 4.79 Å². The van der Waals surface area contributed by atoms with Gasteiger partial charge in [0.2, 0.25) is 0 Å². The van der Waals surface area contributed by atoms with E-state index in [9.17, 15) is 4.79 Å². The molecule has 5 rings (SSSR count). The molecule has 1 amide bonds. The normalized spacial score (nSPS) is 18.7. The topological polar surface area (TPSA) is 23.6 Å². The third-order valence-corrected chi connectivity index (χ3v) is 7.55. The van der Waals surface area contributed by atoms with Gasteiger partial charge in [-0.2, -0.15) is 0 Å². The largest absolute Gasteiger partial charge is 0.302 e. The Bertz CT molecular complexity index is 1220. The summed E-state index contributed by atoms with van der Waals surface area (Å²) in [5, 5.41) is 3.61. The van der Waals surface area contributed by atoms with E-state index in [1.54, 1.807) is 4.90 Å². The van der Waals surface area contributed by atoms with E-state index in [-0.39, 0.29) is 5.91 Å². The van der Waals surface area contributed by atoms with Gasteiger partial charge in [-0.05, 0) is 42.0 Å². The Kier molecular flexibility index (Phi) is 5.63. The molecule has 3 aromatic rings. The molecule has 2 aliphatic rings. The van der Waals surface area contributed by atoms with Crippen LogP contribution in [0.25, 0.3) is 5.70 Å². The second kappa shape index (κ2) is 8.55. The van der Waals surface area contributed by atoms with Crippen LogP contribution in [0.4, 0.5) is 11.4 Å². The highest BCUT2D eigenvalue weighted by Crippen LogP contribution is 2.49. The van der Waals surface area contributed by atoms with Crippen molar-refractivity contribution in [3.05, 3.63) is 111 Å². The number of carbonyl (C=O) groups is 1. The minimum Gasteiger partial charge on any atom is -0.302 e. The van der Waals surface area contributed by atoms with Crippen LogP contribution in [0.2, 0.25) is 5.02 Å². The number of hydrogen-bond donors (Lipinski definition) is 0. The van der Waals surface area contributed by atoms with Crippen molar-refractivity contribution in [3.8, 4) is 0 Å². The number of carbonyl (C=O) groups excluding carboxylic acids is 1. The van der Waals surface area contributed by atoms with E-state index in [2.05, 4.69) is 10.3 Å². The Morgan fingerprint density at radius 1 is 0.774 bits per heavy atom. The van der Waals surface area contributed by atoms with Gasteiger partial charge in [-0.15, -0.1) is 0 Å². The van der Waals surface area contributed by atoms with Crippen molar-refractivity contribution >= 4 is 74.6 Å². The number of thioether (sulfide) groups is 2. The molecular formula is C24H15ClN2OS3. The third kappa shape index (κ3) is 3.81. The van der Waals surface area contributed by atoms with E-state index < -0.39 is 0 Å². The summed E-state index contributed by atoms with van der Waals surface area (Å²) >= 11 is 14.6. The van der Waals surface area contributed by atoms with E-state index in [4.69, 9.17) is 23.8 Å². The molecule has 0 atom stereocenters. The predicted octanol–water partition coefficient (Wildman–Crippen LogP) is 7.13. The van der Waals surface area contributed by atoms with Gasteiger partial charge in [0.05, 0.1) is 11.4 Å². The lowest BCUT2D eigenvalue weighted by Gasteiger charge is -2.24. The monoisotopic (exact) mass is 478 g/mol. The van der Waals surface area contributed by atoms with Gasteiger partial charge in [0.25, 0.3) is 5.91 Å². The molecule has 2 aliphatic heterocycles. The number of rotatable bonds is 3. The van der Waals surface area contributed by atoms with Gasteiger partial charge in [-0.25, -0.2) is 0 Å². The van der Waals surface area contributed by atoms with Crippen LogP contribution in [0.15, 0.2) is 100 Å². The van der Waals surface area contributed by atoms with Crippen LogP contribution in [0.3, 0.4) is 0 Å². The first-order chi connectivity index (χ1) is 15.1. The zero-order valence-electron chi connectivity index (χ0n) is 16.1. The van der Waals surface area contributed by atoms with Crippen molar-refractivity contribution in [1.82, 2.24) is 0 Å². The van der Waals surface area contributed by atoms with E-state index in [0.717, 1.165) is 27.7 Å². The SMILES string of the molecule is O=C1/C(=C2\SC=C(c3ccc(Cl)cc3)N2c2ccccc2)SC(=S)N1c1ccccc1. The van der Waals surface area contributed by atoms with Crippen molar-refractivity contribution in [2.24, 2.45) is 0 Å². The van der Waals surface area contributed by atoms with Crippen molar-refractivity contribution in [2.75, 3.05) is 9.80 Å². The maximum absolute atomic E-state index is 13.4. The highest BCUT2D eigenvalue weighted by molar-refractivity contribution is 8.27. The molecule has 0 spiro atoms. The molecule has 1 fully saturated rings. The van der Waals surface area contributed by atoms with E-state index in [0.29, 0.717) is 14.2 Å². The second-order valence-corrected chi connectivity index (χ2v) is 9.72. The summed E-state index contributed by atoms with van der Waals surface area (Å²) in [6.45, 7) is 0. The van der Waals surface area contributed by atoms with Crippen molar-refractivity contribution < 1.29 is 4.79 Å². The van der Waals surface area contributed by atoms with Crippen LogP contribution in [0.5, 0.6) is 0 Å². The Balaban J connectivity index is 1.60. The Labute approximate surface area is 199 Å². The molecule has 0 aliphatic carbocycles. The van der Waals surface area contributed by atoms with Gasteiger partial charge < -0.3 is 4.90 Å². The molecule has 3 nitrogen and oxygen atoms in total. The maximum Gasteiger partial charge on any atom is 0.273 e. The fraction of sp³-hybridized carbons (Fsp3) is 0. The quantitative estimate of drug-likeness (QED) is 0.294. The molecule has 0 saturated carbocycles. The Hall–Kier alpha value is -2.51. The summed E-state index contributed by atoms with van der Waals surface area (Å²) in [4.78, 5) is 17.8. The minimum absolute atomic E-state index is 0.101. The smallest absolute Gasteiger partial charge is 0.273 e. The first-order valence-electron chi connectivity index (χ1n) is 9.47. The zero-order chi connectivity index (χ0) is 21.4. The highest BCUT2D eigenvalue weighted by atomic mass is 35.5. The molecule has 0 unspecified atom stereocenters. The molecule has 152 valence electrons. The van der Waals surface area contributed by atoms with Gasteiger partial charge in [0.1, 0.15) is 9.93 Å². The summed E-state index contributed by atoms with van der Waals surface area (Å²) < 4.78 is 0.534. The van der Waals surface area contributed by atoms with Gasteiger partial charge in [0, 0.05) is 16.1 Å². The molecule has 7 heteroatoms. The number of benzene rings is 3. The number of amides is 1. The predicted molar refractivity (Wildman–Crippen MR) is 137 cm³/mol. The fourth-order valence-corrected chi connectivity index (χ4v) is 6.04. The summed E-state index contributed by atoms with van der Waals surface area (Å²) in [5.41, 5.74) is 3.77. The average Bonchev–Trinajstić information content (AvgIpc) is 3.36. The number of anilines is 2. The molecule has 0 aromatic heterocycles. The van der Waals surface area contributed by atoms with Crippen molar-refractivity contribution in [2.45, 2.75) is 0 Å². The zero-order valence-corrected chi connectivity index (χ0v) is 19.3. The van der Waals surface area contributed by atoms with E-state index in [1.807, 2.05) is 84.9 Å². The van der Waals surface area contributed by atoms with Crippen molar-refractivity contribution in [3.63, 3.8) is 0 Å². The van der Waals surface area contributed by atoms with Gasteiger partial charge in [0.15, 0.2) is 4.32 Å². The number of nitrogens with zero attached hydrogens (tertiary/aromatic N) is 2. The number of thiocarbonyl (C=S) groups is 1. The lowest BCUT2D eigenvalue weighted by atomic mass is 10.1. The molecule has 1 saturated heterocycles. The highest BCUT2D eigenvalue weighted by Gasteiger charge is 2.39. The van der Waals surface area contributed by atoms with Crippen molar-refractivity contribution in [1.29, 1.82) is 0 Å². The Morgan fingerprint density at radius 2 is 1.35 bits per heavy atom. The number of hydrogen-bond acceptors (Lipinski definition) is 5. The summed E-state index contributed by atoms with van der Waals surface area (Å²) in [6.07, 6.45) is 0. The third-order valence-electron chi connectivity index (χ3n) is 4.86. The van der Waals surface area contributed by atoms with Crippen LogP contribution < -0.4 is 9.80 Å². The molecular weight excluding hydrogens is 464 g/mol. The maximum atomic E-state index is 13.4. The Morgan fingerprint density at radius 3 is 1.97 bits per heavy atom. The lowest BCUT2D eigenvalue weighted by Crippen LogP contribution is -2.28. The van der Waals surface area contributed by atoms with Gasteiger partial charge in [-0.1, -0.05) is 95.9 Å². The fourth-order valence-electron chi connectivity index (χ4n) is 3.43. The molecule has 3 aromatic carbocycles. The molecule has 0 N–H and O–H groups in total. The molecule has 31 heavy (non-hydrogen) atoms. The van der Waals surface area contributed by atoms with Crippen LogP contribution in [0, 0.1) is 0 Å². The van der Waals surface area contributed by atoms with Crippen LogP contribution >= 0.6 is 47.3 Å². The van der Waals surface area contributed by atoms with Gasteiger partial charge >= 0.3 is 0 Å². The first kappa shape index (κ1) is 20.4. The van der Waals surface area contributed by atoms with E-state index >= 15 is 0 Å². The first-order valence-corrected chi connectivity index (χ1v) is 12.0. The average molecular weight is 479 g/mol. The second-order valence-electron chi connectivity index (χ2n) is 6.78. The molecule has 0 radical (unpaired) electrons. The van der Waals surface area contributed by atoms with Gasteiger partial charge in [-0.3, -0.25) is 9.69 Å². The molecule has 0 bridgehead atoms. The van der Waals surface area contributed by atoms with E-state index in [1.165, 1.54) is 23.5 Å². The summed E-state index contributed by atoms with van der Waals surface area (Å²) in [6, 6.07) is 27.3.